The maximum atomic E-state index is 12.9. The van der Waals surface area contributed by atoms with Gasteiger partial charge in [0.1, 0.15) is 5.65 Å². The minimum atomic E-state index is -0.529. The highest BCUT2D eigenvalue weighted by Gasteiger charge is 2.13. The normalized spacial score (nSPS) is 11.2. The lowest BCUT2D eigenvalue weighted by Crippen LogP contribution is -2.20. The molecular formula is C18H12N2O4. The smallest absolute Gasteiger partial charge is 0.337 e. The predicted molar refractivity (Wildman–Crippen MR) is 90.6 cm³/mol. The molecule has 0 unspecified atom stereocenters. The number of fused-ring (bicyclic) bond motifs is 4. The lowest BCUT2D eigenvalue weighted by Gasteiger charge is -2.09. The fourth-order valence-electron chi connectivity index (χ4n) is 2.93. The molecule has 0 atom stereocenters. The number of aromatic amines is 1. The van der Waals surface area contributed by atoms with Crippen LogP contribution in [0.5, 0.6) is 0 Å². The molecule has 0 aliphatic carbocycles. The molecule has 0 aliphatic heterocycles. The summed E-state index contributed by atoms with van der Waals surface area (Å²) in [5.41, 5.74) is 0.435. The number of ether oxygens (including phenoxy) is 1. The van der Waals surface area contributed by atoms with E-state index in [9.17, 15) is 14.4 Å². The third kappa shape index (κ3) is 1.93. The number of aromatic nitrogens is 2. The molecule has 2 aromatic heterocycles. The van der Waals surface area contributed by atoms with Gasteiger partial charge in [-0.15, -0.1) is 0 Å². The molecule has 118 valence electrons. The predicted octanol–water partition coefficient (Wildman–Crippen LogP) is 2.08. The van der Waals surface area contributed by atoms with Gasteiger partial charge in [0.25, 0.3) is 11.1 Å². The molecule has 0 saturated carbocycles. The Morgan fingerprint density at radius 1 is 1.04 bits per heavy atom. The second-order valence-electron chi connectivity index (χ2n) is 5.44. The van der Waals surface area contributed by atoms with Gasteiger partial charge in [-0.3, -0.25) is 14.0 Å². The van der Waals surface area contributed by atoms with Gasteiger partial charge in [0.2, 0.25) is 0 Å². The monoisotopic (exact) mass is 320 g/mol. The van der Waals surface area contributed by atoms with E-state index in [2.05, 4.69) is 4.98 Å². The molecule has 6 nitrogen and oxygen atoms in total. The van der Waals surface area contributed by atoms with E-state index in [0.717, 1.165) is 5.39 Å². The van der Waals surface area contributed by atoms with E-state index in [1.165, 1.54) is 29.7 Å². The number of nitrogens with zero attached hydrogens (tertiary/aromatic N) is 1. The Labute approximate surface area is 134 Å². The van der Waals surface area contributed by atoms with E-state index in [1.54, 1.807) is 18.2 Å². The van der Waals surface area contributed by atoms with Crippen LogP contribution in [0.2, 0.25) is 0 Å². The number of carbonyl (C=O) groups is 1. The molecule has 0 fully saturated rings. The van der Waals surface area contributed by atoms with E-state index in [0.29, 0.717) is 21.9 Å². The Morgan fingerprint density at radius 2 is 1.83 bits per heavy atom. The maximum Gasteiger partial charge on any atom is 0.337 e. The van der Waals surface area contributed by atoms with Crippen molar-refractivity contribution in [2.24, 2.45) is 0 Å². The lowest BCUT2D eigenvalue weighted by molar-refractivity contribution is 0.0601. The number of pyridine rings is 1. The highest BCUT2D eigenvalue weighted by Crippen LogP contribution is 2.17. The summed E-state index contributed by atoms with van der Waals surface area (Å²) in [6.45, 7) is 0. The van der Waals surface area contributed by atoms with Crippen molar-refractivity contribution in [3.8, 4) is 0 Å². The number of benzene rings is 2. The van der Waals surface area contributed by atoms with Crippen molar-refractivity contribution in [1.82, 2.24) is 9.38 Å². The van der Waals surface area contributed by atoms with Crippen molar-refractivity contribution in [2.75, 3.05) is 7.11 Å². The first kappa shape index (κ1) is 14.2. The molecule has 0 aliphatic rings. The number of rotatable bonds is 1. The Morgan fingerprint density at radius 3 is 2.62 bits per heavy atom. The zero-order valence-corrected chi connectivity index (χ0v) is 12.7. The second-order valence-corrected chi connectivity index (χ2v) is 5.44. The lowest BCUT2D eigenvalue weighted by atomic mass is 10.1. The molecule has 4 aromatic rings. The van der Waals surface area contributed by atoms with Crippen molar-refractivity contribution in [2.45, 2.75) is 0 Å². The minimum absolute atomic E-state index is 0.258. The summed E-state index contributed by atoms with van der Waals surface area (Å²) in [7, 11) is 1.28. The first-order chi connectivity index (χ1) is 11.6. The zero-order chi connectivity index (χ0) is 16.8. The molecule has 0 radical (unpaired) electrons. The van der Waals surface area contributed by atoms with Gasteiger partial charge in [0.05, 0.1) is 23.6 Å². The van der Waals surface area contributed by atoms with Crippen LogP contribution in [0.3, 0.4) is 0 Å². The number of hydrogen-bond acceptors (Lipinski definition) is 4. The van der Waals surface area contributed by atoms with Crippen LogP contribution in [-0.2, 0) is 4.74 Å². The van der Waals surface area contributed by atoms with Crippen molar-refractivity contribution in [3.05, 3.63) is 74.8 Å². The molecule has 2 aromatic carbocycles. The minimum Gasteiger partial charge on any atom is -0.465 e. The van der Waals surface area contributed by atoms with Gasteiger partial charge in [0.15, 0.2) is 0 Å². The standard InChI is InChI=1S/C18H12N2O4/c1-24-18(23)11-6-7-13-14(8-11)20-15(19-16(13)21)9-10-4-2-3-5-12(10)17(20)22/h2-9H,1H3,(H,19,21). The van der Waals surface area contributed by atoms with Crippen molar-refractivity contribution < 1.29 is 9.53 Å². The molecule has 2 heterocycles. The number of nitrogens with one attached hydrogen (secondary N) is 1. The molecule has 0 saturated heterocycles. The number of methoxy groups -OCH3 is 1. The second kappa shape index (κ2) is 5.06. The number of esters is 1. The van der Waals surface area contributed by atoms with Crippen LogP contribution in [0.15, 0.2) is 58.1 Å². The summed E-state index contributed by atoms with van der Waals surface area (Å²) in [5.74, 6) is -0.529. The summed E-state index contributed by atoms with van der Waals surface area (Å²) in [6.07, 6.45) is 0. The highest BCUT2D eigenvalue weighted by atomic mass is 16.5. The van der Waals surface area contributed by atoms with Gasteiger partial charge in [0, 0.05) is 5.39 Å². The average molecular weight is 320 g/mol. The fourth-order valence-corrected chi connectivity index (χ4v) is 2.93. The molecule has 0 bridgehead atoms. The third-order valence-electron chi connectivity index (χ3n) is 4.07. The first-order valence-electron chi connectivity index (χ1n) is 7.29. The van der Waals surface area contributed by atoms with E-state index in [-0.39, 0.29) is 16.7 Å². The van der Waals surface area contributed by atoms with Gasteiger partial charge in [-0.25, -0.2) is 4.79 Å². The van der Waals surface area contributed by atoms with Crippen molar-refractivity contribution >= 4 is 33.3 Å². The number of hydrogen-bond donors (Lipinski definition) is 1. The van der Waals surface area contributed by atoms with Crippen LogP contribution in [0.25, 0.3) is 27.3 Å². The SMILES string of the molecule is COC(=O)c1ccc2c(=O)[nH]c3cc4ccccc4c(=O)n3c2c1. The molecule has 4 rings (SSSR count). The van der Waals surface area contributed by atoms with Crippen molar-refractivity contribution in [3.63, 3.8) is 0 Å². The number of H-pyrrole nitrogens is 1. The van der Waals surface area contributed by atoms with E-state index >= 15 is 0 Å². The van der Waals surface area contributed by atoms with Gasteiger partial charge in [-0.1, -0.05) is 18.2 Å². The quantitative estimate of drug-likeness (QED) is 0.331. The third-order valence-corrected chi connectivity index (χ3v) is 4.07. The molecule has 1 N–H and O–H groups in total. The van der Waals surface area contributed by atoms with Gasteiger partial charge < -0.3 is 9.72 Å². The van der Waals surface area contributed by atoms with Gasteiger partial charge in [-0.05, 0) is 35.7 Å². The molecule has 0 amide bonds. The maximum absolute atomic E-state index is 12.9. The average Bonchev–Trinajstić information content (AvgIpc) is 2.60. The van der Waals surface area contributed by atoms with E-state index in [1.807, 2.05) is 12.1 Å². The topological polar surface area (TPSA) is 80.6 Å². The Balaban J connectivity index is 2.26. The van der Waals surface area contributed by atoms with Crippen LogP contribution < -0.4 is 11.1 Å². The molecular weight excluding hydrogens is 308 g/mol. The molecule has 24 heavy (non-hydrogen) atoms. The van der Waals surface area contributed by atoms with Crippen LogP contribution in [0, 0.1) is 0 Å². The van der Waals surface area contributed by atoms with Crippen LogP contribution in [0.4, 0.5) is 0 Å². The van der Waals surface area contributed by atoms with Gasteiger partial charge in [-0.2, -0.15) is 0 Å². The summed E-state index contributed by atoms with van der Waals surface area (Å²) in [4.78, 5) is 39.7. The molecule has 0 spiro atoms. The Kier molecular flexibility index (Phi) is 2.99. The highest BCUT2D eigenvalue weighted by molar-refractivity contribution is 5.95. The fraction of sp³-hybridized carbons (Fsp3) is 0.0556. The van der Waals surface area contributed by atoms with E-state index < -0.39 is 5.97 Å². The van der Waals surface area contributed by atoms with Gasteiger partial charge >= 0.3 is 5.97 Å². The van der Waals surface area contributed by atoms with Crippen LogP contribution >= 0.6 is 0 Å². The Bertz CT molecular complexity index is 1250. The Hall–Kier alpha value is -3.41. The summed E-state index contributed by atoms with van der Waals surface area (Å²) < 4.78 is 6.12. The summed E-state index contributed by atoms with van der Waals surface area (Å²) >= 11 is 0. The zero-order valence-electron chi connectivity index (χ0n) is 12.7. The summed E-state index contributed by atoms with van der Waals surface area (Å²) in [5, 5.41) is 1.60. The number of carbonyl (C=O) groups excluding carboxylic acids is 1. The van der Waals surface area contributed by atoms with Crippen LogP contribution in [0.1, 0.15) is 10.4 Å². The summed E-state index contributed by atoms with van der Waals surface area (Å²) in [6, 6.07) is 13.4. The van der Waals surface area contributed by atoms with E-state index in [4.69, 9.17) is 4.74 Å². The first-order valence-corrected chi connectivity index (χ1v) is 7.29. The largest absolute Gasteiger partial charge is 0.465 e. The van der Waals surface area contributed by atoms with Crippen molar-refractivity contribution in [1.29, 1.82) is 0 Å². The van der Waals surface area contributed by atoms with Crippen LogP contribution in [-0.4, -0.2) is 22.5 Å². The molecule has 6 heteroatoms.